The average Bonchev–Trinajstić information content (AvgIpc) is 3.48. The van der Waals surface area contributed by atoms with Crippen molar-refractivity contribution in [3.63, 3.8) is 0 Å². The smallest absolute Gasteiger partial charge is 0.789 e. The van der Waals surface area contributed by atoms with E-state index in [0.29, 0.717) is 32.7 Å². The van der Waals surface area contributed by atoms with E-state index >= 15 is 0 Å². The van der Waals surface area contributed by atoms with Crippen molar-refractivity contribution in [2.45, 2.75) is 420 Å². The summed E-state index contributed by atoms with van der Waals surface area (Å²) in [4.78, 5) is 21.6. The molecule has 0 spiro atoms. The maximum Gasteiger partial charge on any atom is 2.00 e. The summed E-state index contributed by atoms with van der Waals surface area (Å²) >= 11 is 0. The number of aliphatic hydroxyl groups is 3. The first-order chi connectivity index (χ1) is 40.1. The number of rotatable bonds is 66. The first-order valence-electron chi connectivity index (χ1n) is 36.5. The van der Waals surface area contributed by atoms with Gasteiger partial charge in [0.1, 0.15) is 0 Å². The van der Waals surface area contributed by atoms with Crippen LogP contribution in [0.25, 0.3) is 0 Å². The van der Waals surface area contributed by atoms with Crippen molar-refractivity contribution in [3.8, 4) is 0 Å². The minimum absolute atomic E-state index is 0. The molecule has 0 radical (unpaired) electrons. The number of hydrogen-bond donors (Lipinski definition) is 3. The van der Waals surface area contributed by atoms with Crippen molar-refractivity contribution in [3.05, 3.63) is 0 Å². The van der Waals surface area contributed by atoms with Crippen LogP contribution in [0, 0.1) is 0 Å². The molecule has 0 aliphatic rings. The Morgan fingerprint density at radius 1 is 0.241 bits per heavy atom. The molecule has 0 bridgehead atoms. The molecule has 0 amide bonds. The maximum atomic E-state index is 12.3. The second-order valence-electron chi connectivity index (χ2n) is 24.3. The van der Waals surface area contributed by atoms with Crippen molar-refractivity contribution in [2.75, 3.05) is 33.0 Å². The van der Waals surface area contributed by atoms with Gasteiger partial charge in [0.15, 0.2) is 0 Å². The van der Waals surface area contributed by atoms with Gasteiger partial charge in [0.05, 0.1) is 21.0 Å². The molecule has 0 saturated heterocycles. The SMILES string of the molecule is CCCCCCCCCCCCCCCCCCO.CCCCCCCCCCCCCCCCCCO.CCCCCCCCCCCCCCCCCCO.CCCCCCCCOP(=O)(OCCCCCCCC)OP(=O)([O-])[O-].[Ti+2]. The number of hydrogen-bond acceptors (Lipinski definition) is 10. The fourth-order valence-electron chi connectivity index (χ4n) is 10.3. The summed E-state index contributed by atoms with van der Waals surface area (Å²) in [6.07, 6.45) is 78.4. The molecule has 0 rings (SSSR count). The van der Waals surface area contributed by atoms with Crippen LogP contribution >= 0.6 is 15.6 Å². The first-order valence-corrected chi connectivity index (χ1v) is 39.4. The van der Waals surface area contributed by atoms with E-state index in [4.69, 9.17) is 24.4 Å². The molecule has 0 atom stereocenters. The van der Waals surface area contributed by atoms with Gasteiger partial charge in [0.2, 0.25) is 0 Å². The Balaban J connectivity index is -0.000000327. The predicted octanol–water partition coefficient (Wildman–Crippen LogP) is 23.4. The fourth-order valence-corrected chi connectivity index (χ4v) is 12.4. The topological polar surface area (TPSA) is 169 Å². The second kappa shape index (κ2) is 84.9. The molecule has 3 N–H and O–H groups in total. The Bertz CT molecular complexity index is 1030. The van der Waals surface area contributed by atoms with Crippen LogP contribution in [0.5, 0.6) is 0 Å². The molecule has 0 aromatic heterocycles. The van der Waals surface area contributed by atoms with Crippen LogP contribution in [-0.4, -0.2) is 48.4 Å². The Morgan fingerprint density at radius 3 is 0.506 bits per heavy atom. The molecular formula is C70H148O10P2Ti. The second-order valence-corrected chi connectivity index (χ2v) is 27.2. The van der Waals surface area contributed by atoms with Gasteiger partial charge in [-0.2, -0.15) is 0 Å². The third-order valence-electron chi connectivity index (χ3n) is 15.7. The minimum atomic E-state index is -5.44. The number of phosphoric acid groups is 2. The van der Waals surface area contributed by atoms with Crippen LogP contribution < -0.4 is 9.79 Å². The molecule has 0 unspecified atom stereocenters. The Morgan fingerprint density at radius 2 is 0.373 bits per heavy atom. The van der Waals surface area contributed by atoms with Crippen molar-refractivity contribution < 1.29 is 69.3 Å². The van der Waals surface area contributed by atoms with Crippen molar-refractivity contribution in [2.24, 2.45) is 0 Å². The average molecular weight is 1260 g/mol. The number of aliphatic hydroxyl groups excluding tert-OH is 3. The van der Waals surface area contributed by atoms with Gasteiger partial charge in [-0.3, -0.25) is 13.4 Å². The van der Waals surface area contributed by atoms with Crippen molar-refractivity contribution >= 4 is 15.6 Å². The van der Waals surface area contributed by atoms with Crippen molar-refractivity contribution in [1.29, 1.82) is 0 Å². The molecule has 0 aromatic carbocycles. The molecule has 0 heterocycles. The van der Waals surface area contributed by atoms with E-state index in [0.717, 1.165) is 70.6 Å². The number of unbranched alkanes of at least 4 members (excludes halogenated alkanes) is 55. The summed E-state index contributed by atoms with van der Waals surface area (Å²) in [5, 5.41) is 26.0. The monoisotopic (exact) mass is 1260 g/mol. The molecule has 0 aliphatic heterocycles. The molecule has 0 fully saturated rings. The van der Waals surface area contributed by atoms with E-state index in [1.807, 2.05) is 0 Å². The summed E-state index contributed by atoms with van der Waals surface area (Å²) < 4.78 is 37.1. The molecule has 0 aliphatic carbocycles. The van der Waals surface area contributed by atoms with Crippen LogP contribution in [0.4, 0.5) is 0 Å². The van der Waals surface area contributed by atoms with Crippen LogP contribution in [0.3, 0.4) is 0 Å². The third kappa shape index (κ3) is 96.7. The van der Waals surface area contributed by atoms with E-state index in [1.165, 1.54) is 302 Å². The van der Waals surface area contributed by atoms with Gasteiger partial charge < -0.3 is 29.7 Å². The van der Waals surface area contributed by atoms with Gasteiger partial charge in [-0.05, 0) is 32.1 Å². The fraction of sp³-hybridized carbons (Fsp3) is 1.00. The van der Waals surface area contributed by atoms with E-state index in [2.05, 4.69) is 38.9 Å². The Hall–Kier alpha value is 0.854. The standard InChI is InChI=1S/3C18H38O.C16H36O7P2.Ti/c3*1-2-3-4-5-6-7-8-9-10-11-12-13-14-15-16-17-18-19;1-3-5-7-9-11-13-15-21-25(20,23-24(17,18)19)22-16-14-12-10-8-6-4-2;/h3*19H,2-18H2,1H3;3-16H2,1-2H3,(H2,17,18,19);/q;;;;+2/p-2. The van der Waals surface area contributed by atoms with Gasteiger partial charge in [0.25, 0.3) is 0 Å². The Kier molecular flexibility index (Phi) is 94.7. The van der Waals surface area contributed by atoms with E-state index in [-0.39, 0.29) is 34.9 Å². The van der Waals surface area contributed by atoms with Crippen LogP contribution in [-0.2, 0) is 44.2 Å². The van der Waals surface area contributed by atoms with E-state index < -0.39 is 15.6 Å². The largest absolute Gasteiger partial charge is 2.00 e. The summed E-state index contributed by atoms with van der Waals surface area (Å²) in [7, 11) is -9.79. The van der Waals surface area contributed by atoms with Gasteiger partial charge in [-0.15, -0.1) is 0 Å². The van der Waals surface area contributed by atoms with E-state index in [1.54, 1.807) is 0 Å². The minimum Gasteiger partial charge on any atom is -0.789 e. The van der Waals surface area contributed by atoms with Gasteiger partial charge >= 0.3 is 29.5 Å². The molecule has 0 aromatic rings. The molecule has 0 saturated carbocycles. The molecule has 10 nitrogen and oxygen atoms in total. The van der Waals surface area contributed by atoms with Crippen LogP contribution in [0.2, 0.25) is 0 Å². The van der Waals surface area contributed by atoms with Crippen LogP contribution in [0.15, 0.2) is 0 Å². The van der Waals surface area contributed by atoms with Gasteiger partial charge in [-0.25, -0.2) is 4.57 Å². The quantitative estimate of drug-likeness (QED) is 0.0303. The molecule has 13 heteroatoms. The number of phosphoric ester groups is 1. The Labute approximate surface area is 534 Å². The molecule has 502 valence electrons. The van der Waals surface area contributed by atoms with Gasteiger partial charge in [-0.1, -0.05) is 388 Å². The summed E-state index contributed by atoms with van der Waals surface area (Å²) in [5.74, 6) is 0. The normalized spacial score (nSPS) is 11.4. The third-order valence-corrected chi connectivity index (χ3v) is 18.3. The molecule has 83 heavy (non-hydrogen) atoms. The summed E-state index contributed by atoms with van der Waals surface area (Å²) in [6, 6.07) is 0. The zero-order valence-corrected chi connectivity index (χ0v) is 59.9. The maximum absolute atomic E-state index is 12.3. The van der Waals surface area contributed by atoms with Crippen LogP contribution in [0.1, 0.15) is 420 Å². The first kappa shape index (κ1) is 92.6. The van der Waals surface area contributed by atoms with E-state index in [9.17, 15) is 18.9 Å². The van der Waals surface area contributed by atoms with Crippen molar-refractivity contribution in [1.82, 2.24) is 0 Å². The zero-order chi connectivity index (χ0) is 61.1. The zero-order valence-electron chi connectivity index (χ0n) is 56.6. The summed E-state index contributed by atoms with van der Waals surface area (Å²) in [5.41, 5.74) is 0. The molecular weight excluding hydrogens is 1110 g/mol. The predicted molar refractivity (Wildman–Crippen MR) is 355 cm³/mol. The van der Waals surface area contributed by atoms with Gasteiger partial charge in [0, 0.05) is 19.8 Å². The summed E-state index contributed by atoms with van der Waals surface area (Å²) in [6.45, 7) is 12.3.